The summed E-state index contributed by atoms with van der Waals surface area (Å²) < 4.78 is 27.4. The Morgan fingerprint density at radius 2 is 1.58 bits per heavy atom. The molecule has 108 valence electrons. The molecule has 1 N–H and O–H groups in total. The molecule has 0 aliphatic rings. The van der Waals surface area contributed by atoms with E-state index >= 15 is 0 Å². The van der Waals surface area contributed by atoms with Crippen molar-refractivity contribution < 1.29 is 8.42 Å². The first-order chi connectivity index (χ1) is 8.73. The van der Waals surface area contributed by atoms with Gasteiger partial charge < -0.3 is 0 Å². The van der Waals surface area contributed by atoms with E-state index in [9.17, 15) is 8.42 Å². The van der Waals surface area contributed by atoms with Crippen LogP contribution < -0.4 is 4.72 Å². The second-order valence-corrected chi connectivity index (χ2v) is 7.57. The molecule has 0 bridgehead atoms. The van der Waals surface area contributed by atoms with Crippen LogP contribution in [0.25, 0.3) is 0 Å². The third-order valence-electron chi connectivity index (χ3n) is 3.36. The molecule has 3 nitrogen and oxygen atoms in total. The van der Waals surface area contributed by atoms with Crippen LogP contribution in [0.4, 0.5) is 0 Å². The predicted octanol–water partition coefficient (Wildman–Crippen LogP) is 3.10. The van der Waals surface area contributed by atoms with E-state index in [-0.39, 0.29) is 23.6 Å². The van der Waals surface area contributed by atoms with E-state index in [0.717, 1.165) is 11.1 Å². The summed E-state index contributed by atoms with van der Waals surface area (Å²) in [7, 11) is -3.30. The maximum Gasteiger partial charge on any atom is 0.216 e. The molecule has 0 spiro atoms. The number of aryl methyl sites for hydroxylation is 1. The lowest BCUT2D eigenvalue weighted by Gasteiger charge is -2.26. The van der Waals surface area contributed by atoms with Crippen molar-refractivity contribution in [3.63, 3.8) is 0 Å². The summed E-state index contributed by atoms with van der Waals surface area (Å²) in [5.41, 5.74) is 1.87. The first-order valence-corrected chi connectivity index (χ1v) is 8.42. The Kier molecular flexibility index (Phi) is 5.56. The third-order valence-corrected chi connectivity index (χ3v) is 4.68. The summed E-state index contributed by atoms with van der Waals surface area (Å²) in [6.45, 7) is 10.1. The first kappa shape index (κ1) is 16.2. The Hall–Kier alpha value is -0.870. The molecule has 4 heteroatoms. The van der Waals surface area contributed by atoms with Gasteiger partial charge in [0, 0.05) is 6.04 Å². The largest absolute Gasteiger partial charge is 0.216 e. The zero-order chi connectivity index (χ0) is 14.6. The summed E-state index contributed by atoms with van der Waals surface area (Å²) in [5, 5.41) is 0. The summed E-state index contributed by atoms with van der Waals surface area (Å²) in [4.78, 5) is 0. The lowest BCUT2D eigenvalue weighted by Crippen LogP contribution is -2.42. The highest BCUT2D eigenvalue weighted by Gasteiger charge is 2.23. The van der Waals surface area contributed by atoms with Crippen molar-refractivity contribution in [1.29, 1.82) is 0 Å². The van der Waals surface area contributed by atoms with E-state index < -0.39 is 10.0 Å². The highest BCUT2D eigenvalue weighted by molar-refractivity contribution is 7.88. The fraction of sp³-hybridized carbons (Fsp3) is 0.600. The molecule has 0 heterocycles. The van der Waals surface area contributed by atoms with E-state index in [1.807, 2.05) is 58.9 Å². The van der Waals surface area contributed by atoms with Crippen molar-refractivity contribution in [3.05, 3.63) is 35.4 Å². The Morgan fingerprint density at radius 1 is 1.05 bits per heavy atom. The summed E-state index contributed by atoms with van der Waals surface area (Å²) in [6.07, 6.45) is 0. The number of nitrogens with one attached hydrogen (secondary N) is 1. The van der Waals surface area contributed by atoms with E-state index in [4.69, 9.17) is 0 Å². The number of rotatable bonds is 6. The minimum absolute atomic E-state index is 0.0194. The molecule has 0 radical (unpaired) electrons. The Balaban J connectivity index is 2.85. The van der Waals surface area contributed by atoms with Gasteiger partial charge in [0.25, 0.3) is 0 Å². The van der Waals surface area contributed by atoms with Crippen LogP contribution in [0.2, 0.25) is 0 Å². The van der Waals surface area contributed by atoms with Crippen LogP contribution in [0.3, 0.4) is 0 Å². The second-order valence-electron chi connectivity index (χ2n) is 5.82. The monoisotopic (exact) mass is 283 g/mol. The maximum absolute atomic E-state index is 12.3. The van der Waals surface area contributed by atoms with Crippen LogP contribution >= 0.6 is 0 Å². The molecule has 1 aromatic rings. The molecule has 19 heavy (non-hydrogen) atoms. The fourth-order valence-corrected chi connectivity index (χ4v) is 4.04. The van der Waals surface area contributed by atoms with Crippen molar-refractivity contribution >= 4 is 10.0 Å². The van der Waals surface area contributed by atoms with Gasteiger partial charge in [-0.15, -0.1) is 0 Å². The predicted molar refractivity (Wildman–Crippen MR) is 80.4 cm³/mol. The van der Waals surface area contributed by atoms with Gasteiger partial charge in [-0.25, -0.2) is 13.1 Å². The van der Waals surface area contributed by atoms with Crippen LogP contribution in [0.5, 0.6) is 0 Å². The van der Waals surface area contributed by atoms with E-state index in [0.29, 0.717) is 0 Å². The molecule has 0 saturated heterocycles. The number of hydrogen-bond acceptors (Lipinski definition) is 2. The molecule has 0 saturated carbocycles. The van der Waals surface area contributed by atoms with Gasteiger partial charge in [0.05, 0.1) is 5.75 Å². The number of benzene rings is 1. The molecule has 0 unspecified atom stereocenters. The molecule has 0 aromatic heterocycles. The van der Waals surface area contributed by atoms with Gasteiger partial charge in [-0.05, 0) is 29.9 Å². The summed E-state index contributed by atoms with van der Waals surface area (Å²) in [6, 6.07) is 7.58. The van der Waals surface area contributed by atoms with Crippen molar-refractivity contribution in [1.82, 2.24) is 4.72 Å². The Morgan fingerprint density at radius 3 is 2.05 bits per heavy atom. The van der Waals surface area contributed by atoms with Crippen LogP contribution in [0.1, 0.15) is 38.8 Å². The summed E-state index contributed by atoms with van der Waals surface area (Å²) >= 11 is 0. The van der Waals surface area contributed by atoms with Crippen molar-refractivity contribution in [3.8, 4) is 0 Å². The molecule has 1 aromatic carbocycles. The standard InChI is InChI=1S/C15H25NO2S/c1-11(2)15(12(3)4)16-19(17,18)10-14-9-7-6-8-13(14)5/h6-9,11-12,15-16H,10H2,1-5H3. The van der Waals surface area contributed by atoms with E-state index in [1.165, 1.54) is 0 Å². The van der Waals surface area contributed by atoms with Crippen molar-refractivity contribution in [2.45, 2.75) is 46.4 Å². The molecule has 0 fully saturated rings. The molecular formula is C15H25NO2S. The van der Waals surface area contributed by atoms with Crippen LogP contribution in [-0.4, -0.2) is 14.5 Å². The van der Waals surface area contributed by atoms with Gasteiger partial charge in [0.1, 0.15) is 0 Å². The number of sulfonamides is 1. The van der Waals surface area contributed by atoms with Crippen LogP contribution in [-0.2, 0) is 15.8 Å². The smallest absolute Gasteiger partial charge is 0.212 e. The zero-order valence-corrected chi connectivity index (χ0v) is 13.3. The normalized spacial score (nSPS) is 12.6. The van der Waals surface area contributed by atoms with E-state index in [1.54, 1.807) is 0 Å². The Labute approximate surface area is 117 Å². The summed E-state index contributed by atoms with van der Waals surface area (Å²) in [5.74, 6) is 0.619. The molecule has 0 atom stereocenters. The van der Waals surface area contributed by atoms with Gasteiger partial charge in [-0.2, -0.15) is 0 Å². The quantitative estimate of drug-likeness (QED) is 0.872. The van der Waals surface area contributed by atoms with Crippen LogP contribution in [0.15, 0.2) is 24.3 Å². The van der Waals surface area contributed by atoms with E-state index in [2.05, 4.69) is 4.72 Å². The molecular weight excluding hydrogens is 258 g/mol. The average Bonchev–Trinajstić information content (AvgIpc) is 2.28. The Bertz CT molecular complexity index is 499. The first-order valence-electron chi connectivity index (χ1n) is 6.77. The van der Waals surface area contributed by atoms with Crippen LogP contribution in [0, 0.1) is 18.8 Å². The molecule has 0 aliphatic heterocycles. The average molecular weight is 283 g/mol. The van der Waals surface area contributed by atoms with Gasteiger partial charge in [0.2, 0.25) is 10.0 Å². The lowest BCUT2D eigenvalue weighted by atomic mass is 9.94. The molecule has 0 amide bonds. The maximum atomic E-state index is 12.3. The topological polar surface area (TPSA) is 46.2 Å². The second kappa shape index (κ2) is 6.53. The third kappa shape index (κ3) is 4.96. The minimum atomic E-state index is -3.30. The van der Waals surface area contributed by atoms with Gasteiger partial charge in [0.15, 0.2) is 0 Å². The molecule has 1 rings (SSSR count). The highest BCUT2D eigenvalue weighted by Crippen LogP contribution is 2.16. The fourth-order valence-electron chi connectivity index (χ4n) is 2.27. The van der Waals surface area contributed by atoms with Gasteiger partial charge >= 0.3 is 0 Å². The lowest BCUT2D eigenvalue weighted by molar-refractivity contribution is 0.355. The SMILES string of the molecule is Cc1ccccc1CS(=O)(=O)NC(C(C)C)C(C)C. The van der Waals surface area contributed by atoms with Gasteiger partial charge in [-0.1, -0.05) is 52.0 Å². The minimum Gasteiger partial charge on any atom is -0.212 e. The molecule has 0 aliphatic carbocycles. The van der Waals surface area contributed by atoms with Gasteiger partial charge in [-0.3, -0.25) is 0 Å². The number of hydrogen-bond donors (Lipinski definition) is 1. The zero-order valence-electron chi connectivity index (χ0n) is 12.5. The highest BCUT2D eigenvalue weighted by atomic mass is 32.2. The van der Waals surface area contributed by atoms with Crippen molar-refractivity contribution in [2.75, 3.05) is 0 Å². The van der Waals surface area contributed by atoms with Crippen molar-refractivity contribution in [2.24, 2.45) is 11.8 Å².